The number of aryl methyl sites for hydroxylation is 1. The summed E-state index contributed by atoms with van der Waals surface area (Å²) in [5.74, 6) is -0.412. The van der Waals surface area contributed by atoms with Crippen LogP contribution in [-0.4, -0.2) is 64.0 Å². The van der Waals surface area contributed by atoms with Crippen LogP contribution in [-0.2, 0) is 27.9 Å². The topological polar surface area (TPSA) is 97.9 Å². The fraction of sp³-hybridized carbons (Fsp3) is 0.391. The maximum atomic E-state index is 13.1. The predicted octanol–water partition coefficient (Wildman–Crippen LogP) is 2.61. The van der Waals surface area contributed by atoms with E-state index in [4.69, 9.17) is 4.74 Å². The molecule has 170 valence electrons. The molecule has 9 heteroatoms. The van der Waals surface area contributed by atoms with E-state index in [1.807, 2.05) is 34.8 Å². The SMILES string of the molecule is COCCN(CC(=O)N(Cc1cccn1C)C1CC1)C(=O)/C=C/c1ccc([N+](=O)[O-])cc1. The second kappa shape index (κ2) is 10.7. The quantitative estimate of drug-likeness (QED) is 0.304. The summed E-state index contributed by atoms with van der Waals surface area (Å²) in [6.07, 6.45) is 6.86. The summed E-state index contributed by atoms with van der Waals surface area (Å²) in [6.45, 7) is 1.08. The molecule has 2 aromatic rings. The maximum absolute atomic E-state index is 13.1. The molecular weight excluding hydrogens is 412 g/mol. The molecule has 9 nitrogen and oxygen atoms in total. The van der Waals surface area contributed by atoms with Gasteiger partial charge in [-0.05, 0) is 48.7 Å². The van der Waals surface area contributed by atoms with E-state index in [9.17, 15) is 19.7 Å². The highest BCUT2D eigenvalue weighted by Gasteiger charge is 2.33. The Morgan fingerprint density at radius 2 is 1.97 bits per heavy atom. The van der Waals surface area contributed by atoms with Gasteiger partial charge in [0.25, 0.3) is 5.69 Å². The van der Waals surface area contributed by atoms with Gasteiger partial charge in [0, 0.05) is 56.8 Å². The molecule has 0 bridgehead atoms. The normalized spacial score (nSPS) is 13.3. The van der Waals surface area contributed by atoms with Crippen molar-refractivity contribution in [3.05, 3.63) is 70.0 Å². The van der Waals surface area contributed by atoms with Crippen molar-refractivity contribution in [3.63, 3.8) is 0 Å². The lowest BCUT2D eigenvalue weighted by atomic mass is 10.2. The molecule has 1 aliphatic rings. The second-order valence-electron chi connectivity index (χ2n) is 7.80. The molecule has 0 N–H and O–H groups in total. The summed E-state index contributed by atoms with van der Waals surface area (Å²) in [6, 6.07) is 10.1. The summed E-state index contributed by atoms with van der Waals surface area (Å²) < 4.78 is 7.10. The average Bonchev–Trinajstić information content (AvgIpc) is 3.54. The average molecular weight is 441 g/mol. The van der Waals surface area contributed by atoms with Crippen LogP contribution in [0.25, 0.3) is 6.08 Å². The molecule has 1 saturated carbocycles. The van der Waals surface area contributed by atoms with Crippen LogP contribution in [0.2, 0.25) is 0 Å². The number of nitro benzene ring substituents is 1. The Balaban J connectivity index is 1.67. The first kappa shape index (κ1) is 23.2. The highest BCUT2D eigenvalue weighted by atomic mass is 16.6. The molecule has 1 heterocycles. The van der Waals surface area contributed by atoms with E-state index in [1.54, 1.807) is 25.3 Å². The summed E-state index contributed by atoms with van der Waals surface area (Å²) in [5, 5.41) is 10.8. The van der Waals surface area contributed by atoms with E-state index in [0.717, 1.165) is 18.5 Å². The van der Waals surface area contributed by atoms with Crippen LogP contribution in [0, 0.1) is 10.1 Å². The minimum atomic E-state index is -0.474. The predicted molar refractivity (Wildman–Crippen MR) is 120 cm³/mol. The molecule has 3 rings (SSSR count). The summed E-state index contributed by atoms with van der Waals surface area (Å²) in [7, 11) is 3.49. The highest BCUT2D eigenvalue weighted by molar-refractivity contribution is 5.94. The third-order valence-electron chi connectivity index (χ3n) is 5.42. The van der Waals surface area contributed by atoms with Gasteiger partial charge in [0.05, 0.1) is 18.1 Å². The molecule has 0 saturated heterocycles. The molecule has 0 aliphatic heterocycles. The van der Waals surface area contributed by atoms with Crippen molar-refractivity contribution in [2.45, 2.75) is 25.4 Å². The number of hydrogen-bond donors (Lipinski definition) is 0. The number of rotatable bonds is 11. The largest absolute Gasteiger partial charge is 0.383 e. The van der Waals surface area contributed by atoms with Crippen LogP contribution >= 0.6 is 0 Å². The van der Waals surface area contributed by atoms with Gasteiger partial charge in [0.2, 0.25) is 11.8 Å². The lowest BCUT2D eigenvalue weighted by molar-refractivity contribution is -0.384. The molecule has 0 spiro atoms. The molecule has 1 aromatic heterocycles. The molecule has 0 radical (unpaired) electrons. The van der Waals surface area contributed by atoms with Crippen LogP contribution in [0.4, 0.5) is 5.69 Å². The fourth-order valence-corrected chi connectivity index (χ4v) is 3.35. The van der Waals surface area contributed by atoms with E-state index >= 15 is 0 Å². The number of carbonyl (C=O) groups is 2. The number of carbonyl (C=O) groups excluding carboxylic acids is 2. The first-order chi connectivity index (χ1) is 15.4. The lowest BCUT2D eigenvalue weighted by Gasteiger charge is -2.27. The molecule has 1 aromatic carbocycles. The first-order valence-corrected chi connectivity index (χ1v) is 10.5. The van der Waals surface area contributed by atoms with Gasteiger partial charge in [0.1, 0.15) is 6.54 Å². The lowest BCUT2D eigenvalue weighted by Crippen LogP contribution is -2.44. The van der Waals surface area contributed by atoms with E-state index < -0.39 is 4.92 Å². The zero-order valence-electron chi connectivity index (χ0n) is 18.3. The molecule has 0 atom stereocenters. The van der Waals surface area contributed by atoms with Gasteiger partial charge in [-0.15, -0.1) is 0 Å². The Morgan fingerprint density at radius 3 is 2.53 bits per heavy atom. The molecule has 0 unspecified atom stereocenters. The zero-order chi connectivity index (χ0) is 23.1. The number of nitrogens with zero attached hydrogens (tertiary/aromatic N) is 4. The van der Waals surface area contributed by atoms with Gasteiger partial charge in [-0.1, -0.05) is 0 Å². The fourth-order valence-electron chi connectivity index (χ4n) is 3.35. The van der Waals surface area contributed by atoms with Gasteiger partial charge < -0.3 is 19.1 Å². The van der Waals surface area contributed by atoms with Gasteiger partial charge >= 0.3 is 0 Å². The Hall–Kier alpha value is -3.46. The smallest absolute Gasteiger partial charge is 0.269 e. The number of non-ortho nitro benzene ring substituents is 1. The summed E-state index contributed by atoms with van der Waals surface area (Å²) in [5.41, 5.74) is 1.68. The van der Waals surface area contributed by atoms with Crippen LogP contribution in [0.5, 0.6) is 0 Å². The summed E-state index contributed by atoms with van der Waals surface area (Å²) in [4.78, 5) is 39.5. The standard InChI is InChI=1S/C23H28N4O5/c1-24-13-3-4-21(24)16-26(19-10-11-19)23(29)17-25(14-15-32-2)22(28)12-7-18-5-8-20(9-6-18)27(30)31/h3-9,12-13,19H,10-11,14-17H2,1-2H3/b12-7+. The van der Waals surface area contributed by atoms with Gasteiger partial charge in [-0.2, -0.15) is 0 Å². The van der Waals surface area contributed by atoms with E-state index in [1.165, 1.54) is 23.1 Å². The van der Waals surface area contributed by atoms with Crippen LogP contribution < -0.4 is 0 Å². The first-order valence-electron chi connectivity index (χ1n) is 10.5. The van der Waals surface area contributed by atoms with Crippen molar-refractivity contribution >= 4 is 23.6 Å². The Labute approximate surface area is 187 Å². The number of ether oxygens (including phenoxy) is 1. The number of hydrogen-bond acceptors (Lipinski definition) is 5. The molecule has 1 fully saturated rings. The van der Waals surface area contributed by atoms with E-state index in [0.29, 0.717) is 18.7 Å². The van der Waals surface area contributed by atoms with Crippen molar-refractivity contribution in [3.8, 4) is 0 Å². The number of nitro groups is 1. The number of amides is 2. The Kier molecular flexibility index (Phi) is 7.77. The minimum absolute atomic E-state index is 0.0146. The number of benzene rings is 1. The minimum Gasteiger partial charge on any atom is -0.383 e. The van der Waals surface area contributed by atoms with Gasteiger partial charge in [-0.25, -0.2) is 0 Å². The van der Waals surface area contributed by atoms with Crippen LogP contribution in [0.15, 0.2) is 48.7 Å². The zero-order valence-corrected chi connectivity index (χ0v) is 18.3. The summed E-state index contributed by atoms with van der Waals surface area (Å²) >= 11 is 0. The van der Waals surface area contributed by atoms with Gasteiger partial charge in [0.15, 0.2) is 0 Å². The van der Waals surface area contributed by atoms with E-state index in [2.05, 4.69) is 0 Å². The van der Waals surface area contributed by atoms with E-state index in [-0.39, 0.29) is 36.6 Å². The highest BCUT2D eigenvalue weighted by Crippen LogP contribution is 2.28. The Bertz CT molecular complexity index is 979. The molecule has 1 aliphatic carbocycles. The Morgan fingerprint density at radius 1 is 1.25 bits per heavy atom. The van der Waals surface area contributed by atoms with Crippen molar-refractivity contribution in [2.24, 2.45) is 7.05 Å². The van der Waals surface area contributed by atoms with Crippen LogP contribution in [0.3, 0.4) is 0 Å². The van der Waals surface area contributed by atoms with Crippen molar-refractivity contribution < 1.29 is 19.2 Å². The third-order valence-corrected chi connectivity index (χ3v) is 5.42. The maximum Gasteiger partial charge on any atom is 0.269 e. The molecule has 32 heavy (non-hydrogen) atoms. The van der Waals surface area contributed by atoms with Crippen molar-refractivity contribution in [1.82, 2.24) is 14.4 Å². The van der Waals surface area contributed by atoms with Gasteiger partial charge in [-0.3, -0.25) is 19.7 Å². The molecular formula is C23H28N4O5. The monoisotopic (exact) mass is 440 g/mol. The van der Waals surface area contributed by atoms with Crippen molar-refractivity contribution in [2.75, 3.05) is 26.8 Å². The third kappa shape index (κ3) is 6.27. The second-order valence-corrected chi connectivity index (χ2v) is 7.80. The number of aromatic nitrogens is 1. The van der Waals surface area contributed by atoms with Crippen molar-refractivity contribution in [1.29, 1.82) is 0 Å². The van der Waals surface area contributed by atoms with Crippen LogP contribution in [0.1, 0.15) is 24.1 Å². The number of methoxy groups -OCH3 is 1. The molecule has 2 amide bonds.